The van der Waals surface area contributed by atoms with Gasteiger partial charge in [-0.25, -0.2) is 0 Å². The molecule has 0 atom stereocenters. The second-order valence-electron chi connectivity index (χ2n) is 6.92. The second kappa shape index (κ2) is 9.50. The topological polar surface area (TPSA) is 43.6 Å². The van der Waals surface area contributed by atoms with Crippen LogP contribution in [0.2, 0.25) is 5.02 Å². The number of halogens is 1. The van der Waals surface area contributed by atoms with E-state index >= 15 is 0 Å². The minimum Gasteiger partial charge on any atom is -0.380 e. The van der Waals surface area contributed by atoms with Gasteiger partial charge in [0.1, 0.15) is 0 Å². The molecule has 1 amide bonds. The Hall–Kier alpha value is -1.95. The lowest BCUT2D eigenvalue weighted by Crippen LogP contribution is -2.20. The number of thiazole rings is 1. The highest BCUT2D eigenvalue weighted by Gasteiger charge is 2.09. The van der Waals surface area contributed by atoms with E-state index in [-0.39, 0.29) is 5.91 Å². The second-order valence-corrected chi connectivity index (χ2v) is 8.37. The third kappa shape index (κ3) is 5.10. The van der Waals surface area contributed by atoms with E-state index in [4.69, 9.17) is 16.3 Å². The molecule has 148 valence electrons. The number of amides is 1. The molecule has 1 aromatic heterocycles. The third-order valence-corrected chi connectivity index (χ3v) is 5.81. The van der Waals surface area contributed by atoms with E-state index in [9.17, 15) is 4.79 Å². The van der Waals surface area contributed by atoms with Crippen molar-refractivity contribution >= 4 is 39.1 Å². The summed E-state index contributed by atoms with van der Waals surface area (Å²) in [5.74, 6) is 0.323. The van der Waals surface area contributed by atoms with Gasteiger partial charge in [-0.15, -0.1) is 0 Å². The number of nitrogens with zero attached hydrogens (tertiary/aromatic N) is 2. The van der Waals surface area contributed by atoms with Gasteiger partial charge >= 0.3 is 0 Å². The van der Waals surface area contributed by atoms with Gasteiger partial charge < -0.3 is 9.30 Å². The quantitative estimate of drug-likeness (QED) is 0.497. The molecule has 0 aliphatic carbocycles. The molecule has 3 rings (SSSR count). The van der Waals surface area contributed by atoms with Crippen LogP contribution in [0.3, 0.4) is 0 Å². The van der Waals surface area contributed by atoms with Crippen molar-refractivity contribution in [2.24, 2.45) is 4.99 Å². The first kappa shape index (κ1) is 20.8. The van der Waals surface area contributed by atoms with Crippen LogP contribution < -0.4 is 4.80 Å². The number of hydrogen-bond acceptors (Lipinski definition) is 3. The first-order chi connectivity index (χ1) is 13.5. The Morgan fingerprint density at radius 2 is 1.96 bits per heavy atom. The number of carbonyl (C=O) groups is 1. The van der Waals surface area contributed by atoms with Crippen LogP contribution in [0, 0.1) is 0 Å². The molecular formula is C22H25ClN2O2S. The van der Waals surface area contributed by atoms with Crippen molar-refractivity contribution in [2.75, 3.05) is 13.2 Å². The maximum absolute atomic E-state index is 12.6. The third-order valence-electron chi connectivity index (χ3n) is 4.53. The SMILES string of the molecule is CCOCCn1c(=NC(=O)Cc2ccc(C(C)C)cc2)sc2cc(Cl)ccc21. The zero-order valence-electron chi connectivity index (χ0n) is 16.4. The first-order valence-corrected chi connectivity index (χ1v) is 10.7. The van der Waals surface area contributed by atoms with Crippen LogP contribution in [0.4, 0.5) is 0 Å². The van der Waals surface area contributed by atoms with Crippen LogP contribution in [0.25, 0.3) is 10.2 Å². The summed E-state index contributed by atoms with van der Waals surface area (Å²) >= 11 is 7.61. The maximum atomic E-state index is 12.6. The Labute approximate surface area is 174 Å². The van der Waals surface area contributed by atoms with Crippen LogP contribution in [-0.2, 0) is 22.5 Å². The molecule has 4 nitrogen and oxygen atoms in total. The molecule has 28 heavy (non-hydrogen) atoms. The molecule has 0 fully saturated rings. The molecular weight excluding hydrogens is 392 g/mol. The Morgan fingerprint density at radius 1 is 1.21 bits per heavy atom. The molecule has 0 radical (unpaired) electrons. The number of fused-ring (bicyclic) bond motifs is 1. The fourth-order valence-electron chi connectivity index (χ4n) is 2.99. The number of ether oxygens (including phenoxy) is 1. The van der Waals surface area contributed by atoms with Crippen molar-refractivity contribution in [2.45, 2.75) is 39.7 Å². The lowest BCUT2D eigenvalue weighted by molar-refractivity contribution is -0.117. The van der Waals surface area contributed by atoms with E-state index in [0.29, 0.717) is 41.9 Å². The molecule has 1 heterocycles. The van der Waals surface area contributed by atoms with Crippen LogP contribution in [0.1, 0.15) is 37.8 Å². The van der Waals surface area contributed by atoms with Crippen molar-refractivity contribution in [3.8, 4) is 0 Å². The molecule has 0 unspecified atom stereocenters. The van der Waals surface area contributed by atoms with Crippen LogP contribution in [0.15, 0.2) is 47.5 Å². The molecule has 0 spiro atoms. The van der Waals surface area contributed by atoms with Crippen molar-refractivity contribution in [1.82, 2.24) is 4.57 Å². The molecule has 0 aliphatic heterocycles. The van der Waals surface area contributed by atoms with E-state index in [2.05, 4.69) is 31.0 Å². The molecule has 0 bridgehead atoms. The average Bonchev–Trinajstić information content (AvgIpc) is 2.98. The summed E-state index contributed by atoms with van der Waals surface area (Å²) in [6.45, 7) is 8.16. The first-order valence-electron chi connectivity index (χ1n) is 9.51. The zero-order valence-corrected chi connectivity index (χ0v) is 18.0. The number of aromatic nitrogens is 1. The van der Waals surface area contributed by atoms with E-state index in [1.54, 1.807) is 0 Å². The monoisotopic (exact) mass is 416 g/mol. The summed E-state index contributed by atoms with van der Waals surface area (Å²) in [5, 5.41) is 0.675. The number of hydrogen-bond donors (Lipinski definition) is 0. The average molecular weight is 417 g/mol. The molecule has 3 aromatic rings. The predicted molar refractivity (Wildman–Crippen MR) is 116 cm³/mol. The van der Waals surface area contributed by atoms with Gasteiger partial charge in [-0.2, -0.15) is 4.99 Å². The molecule has 6 heteroatoms. The summed E-state index contributed by atoms with van der Waals surface area (Å²) in [4.78, 5) is 17.7. The normalized spacial score (nSPS) is 12.2. The van der Waals surface area contributed by atoms with Crippen LogP contribution >= 0.6 is 22.9 Å². The smallest absolute Gasteiger partial charge is 0.252 e. The number of benzene rings is 2. The summed E-state index contributed by atoms with van der Waals surface area (Å²) < 4.78 is 8.54. The Kier molecular flexibility index (Phi) is 7.05. The summed E-state index contributed by atoms with van der Waals surface area (Å²) in [7, 11) is 0. The van der Waals surface area contributed by atoms with Gasteiger partial charge in [0.15, 0.2) is 4.80 Å². The lowest BCUT2D eigenvalue weighted by Gasteiger charge is -2.06. The largest absolute Gasteiger partial charge is 0.380 e. The minimum absolute atomic E-state index is 0.153. The van der Waals surface area contributed by atoms with Crippen molar-refractivity contribution in [1.29, 1.82) is 0 Å². The molecule has 0 saturated carbocycles. The summed E-state index contributed by atoms with van der Waals surface area (Å²) in [6, 6.07) is 13.9. The van der Waals surface area contributed by atoms with E-state index in [0.717, 1.165) is 15.8 Å². The van der Waals surface area contributed by atoms with E-state index in [1.165, 1.54) is 16.9 Å². The fraction of sp³-hybridized carbons (Fsp3) is 0.364. The standard InChI is InChI=1S/C22H25ClN2O2S/c1-4-27-12-11-25-19-10-9-18(23)14-20(19)28-22(25)24-21(26)13-16-5-7-17(8-6-16)15(2)3/h5-10,14-15H,4,11-13H2,1-3H3. The molecule has 0 aliphatic rings. The summed E-state index contributed by atoms with van der Waals surface area (Å²) in [6.07, 6.45) is 0.291. The highest BCUT2D eigenvalue weighted by atomic mass is 35.5. The van der Waals surface area contributed by atoms with E-state index < -0.39 is 0 Å². The van der Waals surface area contributed by atoms with Crippen LogP contribution in [0.5, 0.6) is 0 Å². The van der Waals surface area contributed by atoms with Gasteiger partial charge in [0.25, 0.3) is 5.91 Å². The minimum atomic E-state index is -0.153. The van der Waals surface area contributed by atoms with Gasteiger partial charge in [-0.1, -0.05) is 61.1 Å². The lowest BCUT2D eigenvalue weighted by atomic mass is 10.0. The van der Waals surface area contributed by atoms with Gasteiger partial charge in [0, 0.05) is 18.2 Å². The zero-order chi connectivity index (χ0) is 20.1. The highest BCUT2D eigenvalue weighted by Crippen LogP contribution is 2.22. The van der Waals surface area contributed by atoms with Crippen molar-refractivity contribution < 1.29 is 9.53 Å². The van der Waals surface area contributed by atoms with Gasteiger partial charge in [-0.3, -0.25) is 4.79 Å². The number of carbonyl (C=O) groups excluding carboxylic acids is 1. The highest BCUT2D eigenvalue weighted by molar-refractivity contribution is 7.16. The van der Waals surface area contributed by atoms with Gasteiger partial charge in [-0.05, 0) is 42.2 Å². The van der Waals surface area contributed by atoms with Gasteiger partial charge in [0.05, 0.1) is 23.2 Å². The van der Waals surface area contributed by atoms with Gasteiger partial charge in [0.2, 0.25) is 0 Å². The van der Waals surface area contributed by atoms with Crippen molar-refractivity contribution in [3.05, 3.63) is 63.4 Å². The number of rotatable bonds is 7. The summed E-state index contributed by atoms with van der Waals surface area (Å²) in [5.41, 5.74) is 3.26. The molecule has 0 saturated heterocycles. The van der Waals surface area contributed by atoms with Crippen molar-refractivity contribution in [3.63, 3.8) is 0 Å². The Balaban J connectivity index is 1.88. The maximum Gasteiger partial charge on any atom is 0.252 e. The molecule has 0 N–H and O–H groups in total. The Bertz CT molecular complexity index is 1020. The molecule has 2 aromatic carbocycles. The Morgan fingerprint density at radius 3 is 2.64 bits per heavy atom. The fourth-order valence-corrected chi connectivity index (χ4v) is 4.34. The van der Waals surface area contributed by atoms with Crippen LogP contribution in [-0.4, -0.2) is 23.7 Å². The van der Waals surface area contributed by atoms with E-state index in [1.807, 2.05) is 41.8 Å². The predicted octanol–water partition coefficient (Wildman–Crippen LogP) is 5.19.